The molecule has 0 aromatic carbocycles. The summed E-state index contributed by atoms with van der Waals surface area (Å²) >= 11 is 0. The Morgan fingerprint density at radius 2 is 1.20 bits per heavy atom. The van der Waals surface area contributed by atoms with Crippen molar-refractivity contribution in [1.29, 1.82) is 0 Å². The van der Waals surface area contributed by atoms with Crippen molar-refractivity contribution in [2.45, 2.75) is 318 Å². The number of rotatable bonds is 51. The molecule has 13 nitrogen and oxygen atoms in total. The van der Waals surface area contributed by atoms with Gasteiger partial charge in [-0.25, -0.2) is 9.36 Å². The number of fused-ring (bicyclic) bond motifs is 5. The number of alkyl carbamates (subject to hydrolysis) is 1. The number of esters is 2. The lowest BCUT2D eigenvalue weighted by molar-refractivity contribution is -0.161. The lowest BCUT2D eigenvalue weighted by Crippen LogP contribution is -2.51. The molecule has 3 fully saturated rings. The van der Waals surface area contributed by atoms with Gasteiger partial charge in [0.1, 0.15) is 12.7 Å². The Hall–Kier alpha value is -1.77. The second kappa shape index (κ2) is 44.7. The summed E-state index contributed by atoms with van der Waals surface area (Å²) in [6.07, 6.45) is 46.4. The molecule has 2 amide bonds. The average Bonchev–Trinajstić information content (AvgIpc) is 1.35. The van der Waals surface area contributed by atoms with Crippen LogP contribution in [0.3, 0.4) is 0 Å². The van der Waals surface area contributed by atoms with Crippen LogP contribution in [0.1, 0.15) is 305 Å². The topological polar surface area (TPSA) is 176 Å². The zero-order valence-corrected chi connectivity index (χ0v) is 58.3. The van der Waals surface area contributed by atoms with Gasteiger partial charge in [0.15, 0.2) is 6.10 Å². The summed E-state index contributed by atoms with van der Waals surface area (Å²) in [4.78, 5) is 61.6. The predicted octanol–water partition coefficient (Wildman–Crippen LogP) is 19.6. The fraction of sp³-hybridized carbons (Fsp3) is 0.914. The fourth-order valence-electron chi connectivity index (χ4n) is 15.2. The highest BCUT2D eigenvalue weighted by atomic mass is 33.1. The van der Waals surface area contributed by atoms with Crippen molar-refractivity contribution >= 4 is 53.3 Å². The number of nitrogens with one attached hydrogen (secondary N) is 2. The van der Waals surface area contributed by atoms with E-state index in [-0.39, 0.29) is 62.5 Å². The van der Waals surface area contributed by atoms with E-state index in [1.807, 2.05) is 0 Å². The van der Waals surface area contributed by atoms with Crippen molar-refractivity contribution < 1.29 is 51.9 Å². The predicted molar refractivity (Wildman–Crippen MR) is 357 cm³/mol. The Labute approximate surface area is 533 Å². The number of carbonyl (C=O) groups excluding carboxylic acids is 4. The van der Waals surface area contributed by atoms with E-state index in [0.29, 0.717) is 36.3 Å². The zero-order chi connectivity index (χ0) is 62.3. The minimum Gasteiger partial charge on any atom is -0.462 e. The number of ether oxygens (including phenoxy) is 3. The molecule has 0 aliphatic heterocycles. The van der Waals surface area contributed by atoms with Crippen molar-refractivity contribution in [3.8, 4) is 0 Å². The highest BCUT2D eigenvalue weighted by Crippen LogP contribution is 2.67. The standard InChI is InChI=1S/C70H127N2O11PS2/c1-8-10-12-14-16-18-20-22-24-26-28-30-32-37-66(74)79-54-60(82-67(75)38-33-31-29-27-25-23-21-19-17-15-13-11-9-2)55-81-84(77,78)80-50-48-71-65(73)45-51-85-86-52-49-72-68(76)83-59-43-46-69(6)58(53-59)39-40-61-63-42-41-62(57(5)36-34-35-56(3)4)70(63,7)47-44-64(61)69/h39,56-57,59-64H,8-38,40-55H2,1-7H3,(H,71,73)(H,72,76)(H,77,78)/t57-,59+,60-,61+,62-,63+,64+,69+,70-/m1/s1. The van der Waals surface area contributed by atoms with Gasteiger partial charge in [0, 0.05) is 50.3 Å². The lowest BCUT2D eigenvalue weighted by Gasteiger charge is -2.58. The molecule has 0 spiro atoms. The van der Waals surface area contributed by atoms with E-state index in [1.54, 1.807) is 10.8 Å². The molecule has 16 heteroatoms. The molecule has 0 heterocycles. The number of allylic oxidation sites excluding steroid dienone is 1. The van der Waals surface area contributed by atoms with Crippen molar-refractivity contribution in [2.75, 3.05) is 44.4 Å². The number of hydrogen-bond donors (Lipinski definition) is 3. The Bertz CT molecular complexity index is 1950. The summed E-state index contributed by atoms with van der Waals surface area (Å²) < 4.78 is 40.4. The Balaban J connectivity index is 1.05. The van der Waals surface area contributed by atoms with E-state index in [9.17, 15) is 28.6 Å². The first-order chi connectivity index (χ1) is 41.5. The maximum atomic E-state index is 12.9. The summed E-state index contributed by atoms with van der Waals surface area (Å²) in [6, 6.07) is 0. The lowest BCUT2D eigenvalue weighted by atomic mass is 9.47. The number of amides is 2. The molecule has 4 aliphatic carbocycles. The van der Waals surface area contributed by atoms with Gasteiger partial charge in [-0.1, -0.05) is 255 Å². The van der Waals surface area contributed by atoms with Crippen LogP contribution in [0.4, 0.5) is 4.79 Å². The number of hydrogen-bond acceptors (Lipinski definition) is 12. The van der Waals surface area contributed by atoms with Gasteiger partial charge in [0.2, 0.25) is 5.91 Å². The van der Waals surface area contributed by atoms with E-state index in [2.05, 4.69) is 65.2 Å². The fourth-order valence-corrected chi connectivity index (χ4v) is 17.9. The normalized spacial score (nSPS) is 24.0. The van der Waals surface area contributed by atoms with Gasteiger partial charge >= 0.3 is 25.9 Å². The number of carbonyl (C=O) groups is 4. The molecule has 0 saturated heterocycles. The van der Waals surface area contributed by atoms with Crippen LogP contribution in [0.2, 0.25) is 0 Å². The summed E-state index contributed by atoms with van der Waals surface area (Å²) in [5.41, 5.74) is 2.21. The van der Waals surface area contributed by atoms with Gasteiger partial charge in [-0.05, 0) is 104 Å². The van der Waals surface area contributed by atoms with Crippen molar-refractivity contribution in [1.82, 2.24) is 10.6 Å². The van der Waals surface area contributed by atoms with Crippen LogP contribution >= 0.6 is 29.4 Å². The SMILES string of the molecule is CCCCCCCCCCCCCCCC(=O)OC[C@H](COP(=O)(O)OCCNC(=O)CCSSCCNC(=O)O[C@H]1CC[C@@]2(C)C(=CC[C@H]3[C@@H]4CC[C@H]([C@H](C)CCCC(C)C)[C@@]4(C)CC[C@@H]32)C1)OC(=O)CCCCCCCCCCCCCCC. The minimum absolute atomic E-state index is 0.0118. The molecule has 86 heavy (non-hydrogen) atoms. The zero-order valence-electron chi connectivity index (χ0n) is 55.7. The minimum atomic E-state index is -4.61. The van der Waals surface area contributed by atoms with Crippen LogP contribution in [0, 0.1) is 46.3 Å². The maximum absolute atomic E-state index is 12.9. The maximum Gasteiger partial charge on any atom is 0.472 e. The molecular formula is C70H127N2O11PS2. The Morgan fingerprint density at radius 3 is 1.79 bits per heavy atom. The van der Waals surface area contributed by atoms with Gasteiger partial charge in [-0.3, -0.25) is 23.4 Å². The van der Waals surface area contributed by atoms with Gasteiger partial charge < -0.3 is 29.7 Å². The summed E-state index contributed by atoms with van der Waals surface area (Å²) in [5.74, 6) is 4.90. The first kappa shape index (κ1) is 76.7. The highest BCUT2D eigenvalue weighted by molar-refractivity contribution is 8.76. The Kier molecular flexibility index (Phi) is 39.8. The second-order valence-electron chi connectivity index (χ2n) is 27.6. The van der Waals surface area contributed by atoms with Gasteiger partial charge in [-0.15, -0.1) is 0 Å². The number of phosphoric acid groups is 1. The molecular weight excluding hydrogens is 1140 g/mol. The molecule has 3 saturated carbocycles. The third kappa shape index (κ3) is 30.6. The van der Waals surface area contributed by atoms with Crippen molar-refractivity contribution in [3.63, 3.8) is 0 Å². The molecule has 1 unspecified atom stereocenters. The van der Waals surface area contributed by atoms with Crippen molar-refractivity contribution in [2.24, 2.45) is 46.3 Å². The third-order valence-corrected chi connectivity index (χ3v) is 23.7. The monoisotopic (exact) mass is 1270 g/mol. The summed E-state index contributed by atoms with van der Waals surface area (Å²) in [6.45, 7) is 16.3. The molecule has 10 atom stereocenters. The third-order valence-electron chi connectivity index (χ3n) is 20.3. The Morgan fingerprint density at radius 1 is 0.628 bits per heavy atom. The molecule has 4 aliphatic rings. The molecule has 3 N–H and O–H groups in total. The quantitative estimate of drug-likeness (QED) is 0.0131. The van der Waals surface area contributed by atoms with E-state index in [4.69, 9.17) is 23.3 Å². The molecule has 4 rings (SSSR count). The van der Waals surface area contributed by atoms with E-state index in [0.717, 1.165) is 93.3 Å². The molecule has 0 aromatic heterocycles. The molecule has 0 aromatic rings. The number of unbranched alkanes of at least 4 members (excludes halogenated alkanes) is 24. The summed E-state index contributed by atoms with van der Waals surface area (Å²) in [5, 5.41) is 5.65. The molecule has 0 bridgehead atoms. The average molecular weight is 1270 g/mol. The van der Waals surface area contributed by atoms with Gasteiger partial charge in [0.25, 0.3) is 0 Å². The van der Waals surface area contributed by atoms with Crippen LogP contribution in [-0.2, 0) is 42.2 Å². The largest absolute Gasteiger partial charge is 0.472 e. The molecule has 0 radical (unpaired) electrons. The smallest absolute Gasteiger partial charge is 0.462 e. The van der Waals surface area contributed by atoms with Crippen molar-refractivity contribution in [3.05, 3.63) is 11.6 Å². The summed E-state index contributed by atoms with van der Waals surface area (Å²) in [7, 11) is -1.49. The molecule has 500 valence electrons. The van der Waals surface area contributed by atoms with Crippen LogP contribution in [0.5, 0.6) is 0 Å². The second-order valence-corrected chi connectivity index (χ2v) is 31.8. The van der Waals surface area contributed by atoms with Crippen LogP contribution in [0.15, 0.2) is 11.6 Å². The van der Waals surface area contributed by atoms with E-state index >= 15 is 0 Å². The van der Waals surface area contributed by atoms with E-state index in [1.165, 1.54) is 183 Å². The number of phosphoric ester groups is 1. The first-order valence-corrected chi connectivity index (χ1v) is 39.6. The van der Waals surface area contributed by atoms with Crippen LogP contribution in [-0.4, -0.2) is 85.5 Å². The van der Waals surface area contributed by atoms with Crippen LogP contribution in [0.25, 0.3) is 0 Å². The van der Waals surface area contributed by atoms with Gasteiger partial charge in [-0.2, -0.15) is 0 Å². The highest BCUT2D eigenvalue weighted by Gasteiger charge is 2.59. The first-order valence-electron chi connectivity index (χ1n) is 35.6. The van der Waals surface area contributed by atoms with Gasteiger partial charge in [0.05, 0.1) is 13.2 Å². The van der Waals surface area contributed by atoms with E-state index < -0.39 is 32.5 Å². The van der Waals surface area contributed by atoms with Crippen LogP contribution < -0.4 is 10.6 Å².